The van der Waals surface area contributed by atoms with Crippen LogP contribution in [0.5, 0.6) is 5.75 Å². The minimum absolute atomic E-state index is 0.0523. The predicted molar refractivity (Wildman–Crippen MR) is 103 cm³/mol. The van der Waals surface area contributed by atoms with Crippen molar-refractivity contribution in [3.8, 4) is 5.75 Å². The molecule has 0 saturated heterocycles. The van der Waals surface area contributed by atoms with Gasteiger partial charge in [0.25, 0.3) is 0 Å². The second-order valence-corrected chi connectivity index (χ2v) is 8.51. The maximum absolute atomic E-state index is 12.2. The number of phenols is 1. The Morgan fingerprint density at radius 1 is 0.960 bits per heavy atom. The van der Waals surface area contributed by atoms with Gasteiger partial charge in [0.05, 0.1) is 7.11 Å². The molecule has 1 aliphatic carbocycles. The standard InChI is InChI=1S/C22H28O3/c1-21(2,3)17-11-14(12-18(20(17)24)22(4,5)6)10-15-13-16(25-7)8-9-19(15)23/h8-13,24H,1-7H3/b15-10+. The fourth-order valence-electron chi connectivity index (χ4n) is 2.83. The first-order valence-corrected chi connectivity index (χ1v) is 8.51. The van der Waals surface area contributed by atoms with Gasteiger partial charge in [-0.15, -0.1) is 0 Å². The summed E-state index contributed by atoms with van der Waals surface area (Å²) in [5.41, 5.74) is 2.82. The average Bonchev–Trinajstić information content (AvgIpc) is 2.48. The second-order valence-electron chi connectivity index (χ2n) is 8.51. The van der Waals surface area contributed by atoms with Gasteiger partial charge in [-0.2, -0.15) is 0 Å². The summed E-state index contributed by atoms with van der Waals surface area (Å²) >= 11 is 0. The zero-order valence-corrected chi connectivity index (χ0v) is 16.2. The van der Waals surface area contributed by atoms with Crippen LogP contribution >= 0.6 is 0 Å². The Morgan fingerprint density at radius 3 is 1.92 bits per heavy atom. The largest absolute Gasteiger partial charge is 0.507 e. The number of methoxy groups -OCH3 is 1. The summed E-state index contributed by atoms with van der Waals surface area (Å²) in [5.74, 6) is 0.936. The van der Waals surface area contributed by atoms with E-state index in [4.69, 9.17) is 4.74 Å². The second kappa shape index (κ2) is 6.55. The van der Waals surface area contributed by atoms with Gasteiger partial charge in [-0.1, -0.05) is 41.5 Å². The highest BCUT2D eigenvalue weighted by Crippen LogP contribution is 2.40. The van der Waals surface area contributed by atoms with E-state index in [1.54, 1.807) is 19.3 Å². The van der Waals surface area contributed by atoms with Crippen molar-refractivity contribution >= 4 is 11.9 Å². The highest BCUT2D eigenvalue weighted by atomic mass is 16.5. The molecule has 0 radical (unpaired) electrons. The molecule has 1 aromatic rings. The number of ether oxygens (including phenoxy) is 1. The molecule has 3 nitrogen and oxygen atoms in total. The number of carbonyl (C=O) groups is 1. The van der Waals surface area contributed by atoms with Crippen LogP contribution in [-0.4, -0.2) is 18.0 Å². The molecule has 0 aliphatic heterocycles. The molecule has 2 rings (SSSR count). The number of benzene rings is 1. The SMILES string of the molecule is COC1=C/C(=C\c2cc(C(C)(C)C)c(O)c(C(C)(C)C)c2)C(=O)C=C1. The first kappa shape index (κ1) is 19.0. The summed E-state index contributed by atoms with van der Waals surface area (Å²) in [6, 6.07) is 3.92. The summed E-state index contributed by atoms with van der Waals surface area (Å²) in [6.45, 7) is 12.4. The van der Waals surface area contributed by atoms with E-state index in [-0.39, 0.29) is 16.6 Å². The van der Waals surface area contributed by atoms with Gasteiger partial charge in [-0.3, -0.25) is 4.79 Å². The number of aromatic hydroxyl groups is 1. The fraction of sp³-hybridized carbons (Fsp3) is 0.409. The van der Waals surface area contributed by atoms with Crippen LogP contribution in [0.2, 0.25) is 0 Å². The number of carbonyl (C=O) groups excluding carboxylic acids is 1. The summed E-state index contributed by atoms with van der Waals surface area (Å²) < 4.78 is 5.22. The Labute approximate surface area is 150 Å². The van der Waals surface area contributed by atoms with Crippen molar-refractivity contribution in [2.75, 3.05) is 7.11 Å². The van der Waals surface area contributed by atoms with E-state index < -0.39 is 0 Å². The molecule has 1 aliphatic rings. The lowest BCUT2D eigenvalue weighted by atomic mass is 9.78. The van der Waals surface area contributed by atoms with E-state index in [1.807, 2.05) is 18.2 Å². The Kier molecular flexibility index (Phi) is 4.99. The smallest absolute Gasteiger partial charge is 0.186 e. The fourth-order valence-corrected chi connectivity index (χ4v) is 2.83. The van der Waals surface area contributed by atoms with Crippen LogP contribution < -0.4 is 0 Å². The molecule has 0 aromatic heterocycles. The number of hydrogen-bond acceptors (Lipinski definition) is 3. The number of allylic oxidation sites excluding steroid dienone is 4. The maximum atomic E-state index is 12.2. The van der Waals surface area contributed by atoms with E-state index in [2.05, 4.69) is 41.5 Å². The van der Waals surface area contributed by atoms with Gasteiger partial charge < -0.3 is 9.84 Å². The highest BCUT2D eigenvalue weighted by molar-refractivity contribution is 6.10. The molecular formula is C22H28O3. The van der Waals surface area contributed by atoms with Gasteiger partial charge in [-0.05, 0) is 52.8 Å². The first-order valence-electron chi connectivity index (χ1n) is 8.51. The monoisotopic (exact) mass is 340 g/mol. The molecular weight excluding hydrogens is 312 g/mol. The predicted octanol–water partition coefficient (Wildman–Crippen LogP) is 5.04. The number of rotatable bonds is 2. The lowest BCUT2D eigenvalue weighted by Gasteiger charge is -2.28. The van der Waals surface area contributed by atoms with Gasteiger partial charge >= 0.3 is 0 Å². The minimum Gasteiger partial charge on any atom is -0.507 e. The first-order chi connectivity index (χ1) is 11.4. The minimum atomic E-state index is -0.206. The Morgan fingerprint density at radius 2 is 1.48 bits per heavy atom. The molecule has 0 heterocycles. The van der Waals surface area contributed by atoms with Gasteiger partial charge in [0.1, 0.15) is 11.5 Å². The van der Waals surface area contributed by atoms with Gasteiger partial charge in [0, 0.05) is 16.7 Å². The molecule has 0 fully saturated rings. The third-order valence-corrected chi connectivity index (χ3v) is 4.29. The van der Waals surface area contributed by atoms with Crippen LogP contribution in [0, 0.1) is 0 Å². The van der Waals surface area contributed by atoms with E-state index in [0.29, 0.717) is 17.1 Å². The van der Waals surface area contributed by atoms with Gasteiger partial charge in [0.15, 0.2) is 5.78 Å². The highest BCUT2D eigenvalue weighted by Gasteiger charge is 2.26. The molecule has 3 heteroatoms. The van der Waals surface area contributed by atoms with Crippen molar-refractivity contribution in [3.05, 3.63) is 58.4 Å². The molecule has 0 unspecified atom stereocenters. The molecule has 0 bridgehead atoms. The normalized spacial score (nSPS) is 17.0. The molecule has 0 saturated carbocycles. The van der Waals surface area contributed by atoms with E-state index >= 15 is 0 Å². The summed E-state index contributed by atoms with van der Waals surface area (Å²) in [7, 11) is 1.58. The number of phenolic OH excluding ortho intramolecular Hbond substituents is 1. The topological polar surface area (TPSA) is 46.5 Å². The lowest BCUT2D eigenvalue weighted by Crippen LogP contribution is -2.17. The van der Waals surface area contributed by atoms with Crippen LogP contribution in [0.4, 0.5) is 0 Å². The molecule has 0 atom stereocenters. The van der Waals surface area contributed by atoms with Gasteiger partial charge in [-0.25, -0.2) is 0 Å². The summed E-state index contributed by atoms with van der Waals surface area (Å²) in [6.07, 6.45) is 6.77. The molecule has 0 spiro atoms. The van der Waals surface area contributed by atoms with Crippen LogP contribution in [0.3, 0.4) is 0 Å². The van der Waals surface area contributed by atoms with E-state index in [9.17, 15) is 9.90 Å². The summed E-state index contributed by atoms with van der Waals surface area (Å²) in [5, 5.41) is 10.8. The quantitative estimate of drug-likeness (QED) is 0.767. The van der Waals surface area contributed by atoms with Crippen molar-refractivity contribution < 1.29 is 14.6 Å². The molecule has 1 aromatic carbocycles. The molecule has 25 heavy (non-hydrogen) atoms. The van der Waals surface area contributed by atoms with Crippen LogP contribution in [-0.2, 0) is 20.4 Å². The number of hydrogen-bond donors (Lipinski definition) is 1. The summed E-state index contributed by atoms with van der Waals surface area (Å²) in [4.78, 5) is 12.2. The van der Waals surface area contributed by atoms with Gasteiger partial charge in [0.2, 0.25) is 0 Å². The average molecular weight is 340 g/mol. The maximum Gasteiger partial charge on any atom is 0.186 e. The number of ketones is 1. The zero-order chi connectivity index (χ0) is 19.0. The molecule has 1 N–H and O–H groups in total. The van der Waals surface area contributed by atoms with Crippen molar-refractivity contribution in [2.45, 2.75) is 52.4 Å². The third-order valence-electron chi connectivity index (χ3n) is 4.29. The zero-order valence-electron chi connectivity index (χ0n) is 16.2. The third kappa shape index (κ3) is 4.22. The van der Waals surface area contributed by atoms with E-state index in [0.717, 1.165) is 16.7 Å². The van der Waals surface area contributed by atoms with Crippen molar-refractivity contribution in [3.63, 3.8) is 0 Å². The Bertz CT molecular complexity index is 743. The Balaban J connectivity index is 2.66. The molecule has 134 valence electrons. The van der Waals surface area contributed by atoms with Crippen molar-refractivity contribution in [1.29, 1.82) is 0 Å². The van der Waals surface area contributed by atoms with Crippen LogP contribution in [0.25, 0.3) is 6.08 Å². The van der Waals surface area contributed by atoms with E-state index in [1.165, 1.54) is 6.08 Å². The Hall–Kier alpha value is -2.29. The van der Waals surface area contributed by atoms with Crippen molar-refractivity contribution in [2.24, 2.45) is 0 Å². The lowest BCUT2D eigenvalue weighted by molar-refractivity contribution is -0.111. The van der Waals surface area contributed by atoms with Crippen LogP contribution in [0.15, 0.2) is 41.7 Å². The van der Waals surface area contributed by atoms with Crippen molar-refractivity contribution in [1.82, 2.24) is 0 Å². The van der Waals surface area contributed by atoms with Crippen LogP contribution in [0.1, 0.15) is 58.2 Å². The molecule has 0 amide bonds.